The van der Waals surface area contributed by atoms with Gasteiger partial charge < -0.3 is 14.2 Å². The number of methoxy groups -OCH3 is 1. The molecule has 1 fully saturated rings. The summed E-state index contributed by atoms with van der Waals surface area (Å²) in [5, 5.41) is 3.91. The maximum atomic E-state index is 11.9. The molecule has 1 amide bonds. The van der Waals surface area contributed by atoms with E-state index in [1.807, 2.05) is 6.92 Å². The Morgan fingerprint density at radius 3 is 2.86 bits per heavy atom. The molecule has 0 aliphatic carbocycles. The number of hydrogen-bond acceptors (Lipinski definition) is 7. The third-order valence-corrected chi connectivity index (χ3v) is 3.55. The molecule has 0 radical (unpaired) electrons. The van der Waals surface area contributed by atoms with E-state index in [0.29, 0.717) is 43.7 Å². The van der Waals surface area contributed by atoms with Crippen LogP contribution in [0, 0.1) is 6.92 Å². The lowest BCUT2D eigenvalue weighted by molar-refractivity contribution is -0.128. The molecule has 116 valence electrons. The smallest absolute Gasteiger partial charge is 0.240 e. The molecule has 0 aromatic carbocycles. The Morgan fingerprint density at radius 2 is 2.14 bits per heavy atom. The topological polar surface area (TPSA) is 94.2 Å². The number of likely N-dealkylation sites (tertiary alicyclic amines) is 1. The Kier molecular flexibility index (Phi) is 4.10. The lowest BCUT2D eigenvalue weighted by atomic mass is 10.1. The summed E-state index contributed by atoms with van der Waals surface area (Å²) in [5.41, 5.74) is 0.961. The van der Waals surface area contributed by atoms with Crippen LogP contribution in [0.25, 0.3) is 11.6 Å². The lowest BCUT2D eigenvalue weighted by Gasteiger charge is -2.14. The molecule has 8 nitrogen and oxygen atoms in total. The van der Waals surface area contributed by atoms with Crippen LogP contribution in [0.3, 0.4) is 0 Å². The van der Waals surface area contributed by atoms with Gasteiger partial charge in [0.2, 0.25) is 23.4 Å². The highest BCUT2D eigenvalue weighted by atomic mass is 16.5. The monoisotopic (exact) mass is 303 g/mol. The first-order valence-corrected chi connectivity index (χ1v) is 7.06. The Morgan fingerprint density at radius 1 is 1.36 bits per heavy atom. The highest BCUT2D eigenvalue weighted by Crippen LogP contribution is 2.27. The van der Waals surface area contributed by atoms with Gasteiger partial charge in [0, 0.05) is 39.0 Å². The zero-order valence-corrected chi connectivity index (χ0v) is 12.5. The normalized spacial score (nSPS) is 18.2. The third kappa shape index (κ3) is 2.96. The van der Waals surface area contributed by atoms with E-state index in [2.05, 4.69) is 20.1 Å². The van der Waals surface area contributed by atoms with Crippen LogP contribution in [-0.2, 0) is 9.53 Å². The summed E-state index contributed by atoms with van der Waals surface area (Å²) >= 11 is 0. The predicted octanol–water partition coefficient (Wildman–Crippen LogP) is 0.797. The molecular formula is C14H17N5O3. The second kappa shape index (κ2) is 6.18. The molecule has 2 aromatic heterocycles. The van der Waals surface area contributed by atoms with E-state index in [-0.39, 0.29) is 11.8 Å². The highest BCUT2D eigenvalue weighted by molar-refractivity contribution is 5.79. The van der Waals surface area contributed by atoms with Gasteiger partial charge in [0.1, 0.15) is 0 Å². The molecule has 22 heavy (non-hydrogen) atoms. The van der Waals surface area contributed by atoms with Gasteiger partial charge in [-0.1, -0.05) is 5.16 Å². The molecule has 3 rings (SSSR count). The molecule has 1 unspecified atom stereocenters. The number of nitrogens with zero attached hydrogens (tertiary/aromatic N) is 5. The first-order chi connectivity index (χ1) is 10.7. The fourth-order valence-electron chi connectivity index (χ4n) is 2.36. The van der Waals surface area contributed by atoms with Crippen molar-refractivity contribution in [2.45, 2.75) is 19.3 Å². The first kappa shape index (κ1) is 14.6. The zero-order valence-electron chi connectivity index (χ0n) is 12.5. The highest BCUT2D eigenvalue weighted by Gasteiger charge is 2.34. The van der Waals surface area contributed by atoms with E-state index in [4.69, 9.17) is 9.26 Å². The van der Waals surface area contributed by atoms with E-state index in [9.17, 15) is 4.79 Å². The second-order valence-corrected chi connectivity index (χ2v) is 5.27. The summed E-state index contributed by atoms with van der Waals surface area (Å²) in [4.78, 5) is 26.4. The van der Waals surface area contributed by atoms with Gasteiger partial charge in [-0.2, -0.15) is 4.98 Å². The average molecular weight is 303 g/mol. The summed E-state index contributed by atoms with van der Waals surface area (Å²) in [6, 6.07) is 0. The predicted molar refractivity (Wildman–Crippen MR) is 75.9 cm³/mol. The van der Waals surface area contributed by atoms with Crippen molar-refractivity contribution in [1.82, 2.24) is 25.0 Å². The molecular weight excluding hydrogens is 286 g/mol. The van der Waals surface area contributed by atoms with Crippen molar-refractivity contribution in [1.29, 1.82) is 0 Å². The van der Waals surface area contributed by atoms with Crippen LogP contribution < -0.4 is 0 Å². The molecule has 1 atom stereocenters. The largest absolute Gasteiger partial charge is 0.383 e. The molecule has 1 aliphatic rings. The van der Waals surface area contributed by atoms with Crippen molar-refractivity contribution >= 4 is 5.91 Å². The van der Waals surface area contributed by atoms with Crippen molar-refractivity contribution in [2.24, 2.45) is 0 Å². The van der Waals surface area contributed by atoms with Gasteiger partial charge in [-0.05, 0) is 12.5 Å². The van der Waals surface area contributed by atoms with Crippen LogP contribution in [0.4, 0.5) is 0 Å². The molecule has 1 saturated heterocycles. The minimum atomic E-state index is -0.0870. The molecule has 8 heteroatoms. The number of hydrogen-bond donors (Lipinski definition) is 0. The Balaban J connectivity index is 1.72. The maximum Gasteiger partial charge on any atom is 0.240 e. The van der Waals surface area contributed by atoms with Crippen molar-refractivity contribution in [2.75, 3.05) is 26.8 Å². The summed E-state index contributed by atoms with van der Waals surface area (Å²) in [6.07, 6.45) is 3.77. The number of amides is 1. The summed E-state index contributed by atoms with van der Waals surface area (Å²) in [7, 11) is 1.61. The number of aryl methyl sites for hydroxylation is 1. The second-order valence-electron chi connectivity index (χ2n) is 5.27. The minimum absolute atomic E-state index is 0.0772. The molecule has 1 aliphatic heterocycles. The lowest BCUT2D eigenvalue weighted by Crippen LogP contribution is -2.28. The molecule has 0 N–H and O–H groups in total. The van der Waals surface area contributed by atoms with Gasteiger partial charge in [-0.15, -0.1) is 0 Å². The van der Waals surface area contributed by atoms with E-state index in [1.165, 1.54) is 0 Å². The SMILES string of the molecule is COCCN1CC(c2nc(-c3ncc(C)cn3)no2)CC1=O. The molecule has 0 spiro atoms. The number of aromatic nitrogens is 4. The van der Waals surface area contributed by atoms with E-state index in [0.717, 1.165) is 5.56 Å². The first-order valence-electron chi connectivity index (χ1n) is 7.06. The van der Waals surface area contributed by atoms with Crippen molar-refractivity contribution in [3.63, 3.8) is 0 Å². The van der Waals surface area contributed by atoms with Gasteiger partial charge in [-0.3, -0.25) is 4.79 Å². The summed E-state index contributed by atoms with van der Waals surface area (Å²) in [5.74, 6) is 1.20. The number of carbonyl (C=O) groups excluding carboxylic acids is 1. The average Bonchev–Trinajstić information content (AvgIpc) is 3.13. The molecule has 0 saturated carbocycles. The fraction of sp³-hybridized carbons (Fsp3) is 0.500. The molecule has 3 heterocycles. The van der Waals surface area contributed by atoms with E-state index >= 15 is 0 Å². The number of rotatable bonds is 5. The van der Waals surface area contributed by atoms with Gasteiger partial charge in [0.05, 0.1) is 12.5 Å². The quantitative estimate of drug-likeness (QED) is 0.806. The van der Waals surface area contributed by atoms with Crippen LogP contribution in [0.1, 0.15) is 23.8 Å². The van der Waals surface area contributed by atoms with E-state index < -0.39 is 0 Å². The fourth-order valence-corrected chi connectivity index (χ4v) is 2.36. The molecule has 0 bridgehead atoms. The molecule has 2 aromatic rings. The Bertz CT molecular complexity index is 655. The zero-order chi connectivity index (χ0) is 15.5. The standard InChI is InChI=1S/C14H17N5O3/c1-9-6-15-12(16-7-9)13-17-14(22-18-13)10-5-11(20)19(8-10)3-4-21-2/h6-7,10H,3-5,8H2,1-2H3. The minimum Gasteiger partial charge on any atom is -0.383 e. The number of carbonyl (C=O) groups is 1. The van der Waals surface area contributed by atoms with Crippen LogP contribution >= 0.6 is 0 Å². The maximum absolute atomic E-state index is 11.9. The summed E-state index contributed by atoms with van der Waals surface area (Å²) < 4.78 is 10.3. The Hall–Kier alpha value is -2.35. The van der Waals surface area contributed by atoms with Crippen LogP contribution in [-0.4, -0.2) is 57.7 Å². The van der Waals surface area contributed by atoms with E-state index in [1.54, 1.807) is 24.4 Å². The van der Waals surface area contributed by atoms with Gasteiger partial charge in [0.15, 0.2) is 0 Å². The van der Waals surface area contributed by atoms with Gasteiger partial charge in [0.25, 0.3) is 0 Å². The van der Waals surface area contributed by atoms with Crippen molar-refractivity contribution in [3.8, 4) is 11.6 Å². The van der Waals surface area contributed by atoms with Crippen LogP contribution in [0.2, 0.25) is 0 Å². The summed E-state index contributed by atoms with van der Waals surface area (Å²) in [6.45, 7) is 3.57. The van der Waals surface area contributed by atoms with Gasteiger partial charge in [-0.25, -0.2) is 9.97 Å². The van der Waals surface area contributed by atoms with Crippen LogP contribution in [0.5, 0.6) is 0 Å². The van der Waals surface area contributed by atoms with Gasteiger partial charge >= 0.3 is 0 Å². The Labute approximate surface area is 127 Å². The third-order valence-electron chi connectivity index (χ3n) is 3.55. The number of ether oxygens (including phenoxy) is 1. The van der Waals surface area contributed by atoms with Crippen molar-refractivity contribution < 1.29 is 14.1 Å². The van der Waals surface area contributed by atoms with Crippen molar-refractivity contribution in [3.05, 3.63) is 23.8 Å². The van der Waals surface area contributed by atoms with Crippen LogP contribution in [0.15, 0.2) is 16.9 Å².